The molecule has 76 valence electrons. The lowest BCUT2D eigenvalue weighted by atomic mass is 10.0. The van der Waals surface area contributed by atoms with Crippen molar-refractivity contribution in [1.29, 1.82) is 0 Å². The average molecular weight is 192 g/mol. The topological polar surface area (TPSA) is 26.7 Å². The molecule has 0 bridgehead atoms. The Bertz CT molecular complexity index is 301. The summed E-state index contributed by atoms with van der Waals surface area (Å²) in [6.45, 7) is 0. The highest BCUT2D eigenvalue weighted by molar-refractivity contribution is 5.19. The van der Waals surface area contributed by atoms with E-state index in [1.807, 2.05) is 37.3 Å². The van der Waals surface area contributed by atoms with Crippen molar-refractivity contribution in [3.05, 3.63) is 35.9 Å². The third kappa shape index (κ3) is 1.54. The summed E-state index contributed by atoms with van der Waals surface area (Å²) in [5, 5.41) is 13.6. The molecule has 1 aliphatic rings. The van der Waals surface area contributed by atoms with Gasteiger partial charge in [0, 0.05) is 20.5 Å². The van der Waals surface area contributed by atoms with Crippen LogP contribution < -0.4 is 0 Å². The molecule has 0 aliphatic carbocycles. The Balaban J connectivity index is 2.21. The van der Waals surface area contributed by atoms with Crippen LogP contribution in [0, 0.1) is 0 Å². The molecule has 1 aromatic carbocycles. The van der Waals surface area contributed by atoms with Crippen LogP contribution >= 0.6 is 0 Å². The Morgan fingerprint density at radius 1 is 1.14 bits per heavy atom. The molecular weight excluding hydrogens is 176 g/mol. The fraction of sp³-hybridized carbons (Fsp3) is 0.455. The minimum absolute atomic E-state index is 0.302. The van der Waals surface area contributed by atoms with Gasteiger partial charge in [0.05, 0.1) is 6.04 Å². The molecular formula is C11H16N2O. The fourth-order valence-electron chi connectivity index (χ4n) is 1.96. The van der Waals surface area contributed by atoms with Gasteiger partial charge in [-0.1, -0.05) is 30.3 Å². The number of hydrogen-bond donors (Lipinski definition) is 1. The minimum atomic E-state index is -0.356. The number of aliphatic hydroxyl groups excluding tert-OH is 1. The van der Waals surface area contributed by atoms with E-state index in [-0.39, 0.29) is 6.23 Å². The van der Waals surface area contributed by atoms with E-state index in [2.05, 4.69) is 17.1 Å². The molecule has 0 amide bonds. The first kappa shape index (κ1) is 9.65. The minimum Gasteiger partial charge on any atom is -0.377 e. The summed E-state index contributed by atoms with van der Waals surface area (Å²) in [6.07, 6.45) is 0.419. The molecule has 3 nitrogen and oxygen atoms in total. The standard InChI is InChI=1S/C11H16N2O/c1-12-10(8-11(14)13(12)2)9-6-4-3-5-7-9/h3-7,10-11,14H,8H2,1-2H3. The second-order valence-corrected chi connectivity index (χ2v) is 3.79. The van der Waals surface area contributed by atoms with Crippen molar-refractivity contribution in [2.45, 2.75) is 18.7 Å². The van der Waals surface area contributed by atoms with Crippen molar-refractivity contribution in [3.63, 3.8) is 0 Å². The van der Waals surface area contributed by atoms with Crippen LogP contribution in [0.15, 0.2) is 30.3 Å². The van der Waals surface area contributed by atoms with Crippen molar-refractivity contribution in [1.82, 2.24) is 10.0 Å². The molecule has 1 saturated heterocycles. The molecule has 2 rings (SSSR count). The Kier molecular flexibility index (Phi) is 2.54. The molecule has 14 heavy (non-hydrogen) atoms. The Morgan fingerprint density at radius 2 is 1.79 bits per heavy atom. The summed E-state index contributed by atoms with van der Waals surface area (Å²) in [6, 6.07) is 10.6. The number of benzene rings is 1. The highest BCUT2D eigenvalue weighted by Gasteiger charge is 2.33. The maximum absolute atomic E-state index is 9.68. The lowest BCUT2D eigenvalue weighted by Crippen LogP contribution is -2.35. The van der Waals surface area contributed by atoms with E-state index in [4.69, 9.17) is 0 Å². The van der Waals surface area contributed by atoms with Gasteiger partial charge in [-0.05, 0) is 5.56 Å². The average Bonchev–Trinajstić information content (AvgIpc) is 2.47. The predicted molar refractivity (Wildman–Crippen MR) is 55.3 cm³/mol. The fourth-order valence-corrected chi connectivity index (χ4v) is 1.96. The Morgan fingerprint density at radius 3 is 2.29 bits per heavy atom. The molecule has 3 heteroatoms. The van der Waals surface area contributed by atoms with E-state index in [0.29, 0.717) is 6.04 Å². The Hall–Kier alpha value is -0.900. The molecule has 0 radical (unpaired) electrons. The number of rotatable bonds is 1. The quantitative estimate of drug-likeness (QED) is 0.725. The number of aliphatic hydroxyl groups is 1. The van der Waals surface area contributed by atoms with Crippen molar-refractivity contribution in [2.75, 3.05) is 14.1 Å². The van der Waals surface area contributed by atoms with Crippen molar-refractivity contribution < 1.29 is 5.11 Å². The summed E-state index contributed by atoms with van der Waals surface area (Å²) in [4.78, 5) is 0. The molecule has 1 N–H and O–H groups in total. The largest absolute Gasteiger partial charge is 0.377 e. The van der Waals surface area contributed by atoms with Gasteiger partial charge in [-0.25, -0.2) is 10.0 Å². The van der Waals surface area contributed by atoms with Gasteiger partial charge in [0.25, 0.3) is 0 Å². The lowest BCUT2D eigenvalue weighted by molar-refractivity contribution is -0.0563. The summed E-state index contributed by atoms with van der Waals surface area (Å²) in [5.74, 6) is 0. The summed E-state index contributed by atoms with van der Waals surface area (Å²) in [7, 11) is 3.92. The summed E-state index contributed by atoms with van der Waals surface area (Å²) < 4.78 is 0. The zero-order valence-electron chi connectivity index (χ0n) is 8.59. The summed E-state index contributed by atoms with van der Waals surface area (Å²) >= 11 is 0. The first-order valence-electron chi connectivity index (χ1n) is 4.88. The van der Waals surface area contributed by atoms with Crippen LogP contribution in [0.5, 0.6) is 0 Å². The van der Waals surface area contributed by atoms with Gasteiger partial charge in [-0.3, -0.25) is 0 Å². The van der Waals surface area contributed by atoms with Crippen LogP contribution in [-0.4, -0.2) is 35.4 Å². The normalized spacial score (nSPS) is 29.6. The first-order chi connectivity index (χ1) is 6.70. The second-order valence-electron chi connectivity index (χ2n) is 3.79. The van der Waals surface area contributed by atoms with Gasteiger partial charge >= 0.3 is 0 Å². The molecule has 2 unspecified atom stereocenters. The van der Waals surface area contributed by atoms with Crippen LogP contribution in [0.2, 0.25) is 0 Å². The van der Waals surface area contributed by atoms with E-state index in [1.54, 1.807) is 0 Å². The van der Waals surface area contributed by atoms with Gasteiger partial charge in [-0.2, -0.15) is 0 Å². The third-order valence-corrected chi connectivity index (χ3v) is 3.00. The second kappa shape index (κ2) is 3.69. The zero-order valence-corrected chi connectivity index (χ0v) is 8.59. The smallest absolute Gasteiger partial charge is 0.121 e. The molecule has 0 saturated carbocycles. The molecule has 1 fully saturated rings. The van der Waals surface area contributed by atoms with Gasteiger partial charge in [0.15, 0.2) is 0 Å². The predicted octanol–water partition coefficient (Wildman–Crippen LogP) is 1.23. The van der Waals surface area contributed by atoms with Crippen molar-refractivity contribution in [3.8, 4) is 0 Å². The summed E-state index contributed by atoms with van der Waals surface area (Å²) in [5.41, 5.74) is 1.26. The van der Waals surface area contributed by atoms with Crippen LogP contribution in [0.1, 0.15) is 18.0 Å². The first-order valence-corrected chi connectivity index (χ1v) is 4.88. The van der Waals surface area contributed by atoms with E-state index in [9.17, 15) is 5.11 Å². The zero-order chi connectivity index (χ0) is 10.1. The van der Waals surface area contributed by atoms with E-state index < -0.39 is 0 Å². The highest BCUT2D eigenvalue weighted by atomic mass is 16.3. The molecule has 1 aromatic rings. The van der Waals surface area contributed by atoms with Gasteiger partial charge in [-0.15, -0.1) is 0 Å². The van der Waals surface area contributed by atoms with Crippen LogP contribution in [0.4, 0.5) is 0 Å². The van der Waals surface area contributed by atoms with Crippen molar-refractivity contribution >= 4 is 0 Å². The van der Waals surface area contributed by atoms with Gasteiger partial charge < -0.3 is 5.11 Å². The van der Waals surface area contributed by atoms with Crippen molar-refractivity contribution in [2.24, 2.45) is 0 Å². The monoisotopic (exact) mass is 192 g/mol. The number of nitrogens with zero attached hydrogens (tertiary/aromatic N) is 2. The lowest BCUT2D eigenvalue weighted by Gasteiger charge is -2.25. The SMILES string of the molecule is CN1C(O)CC(c2ccccc2)N1C. The van der Waals surface area contributed by atoms with E-state index in [0.717, 1.165) is 6.42 Å². The maximum atomic E-state index is 9.68. The van der Waals surface area contributed by atoms with Crippen LogP contribution in [0.25, 0.3) is 0 Å². The van der Waals surface area contributed by atoms with Gasteiger partial charge in [0.1, 0.15) is 6.23 Å². The van der Waals surface area contributed by atoms with Gasteiger partial charge in [0.2, 0.25) is 0 Å². The molecule has 0 aromatic heterocycles. The molecule has 2 atom stereocenters. The van der Waals surface area contributed by atoms with Crippen LogP contribution in [0.3, 0.4) is 0 Å². The number of hydrazine groups is 1. The molecule has 1 heterocycles. The highest BCUT2D eigenvalue weighted by Crippen LogP contribution is 2.32. The molecule has 0 spiro atoms. The maximum Gasteiger partial charge on any atom is 0.121 e. The van der Waals surface area contributed by atoms with E-state index >= 15 is 0 Å². The number of hydrogen-bond acceptors (Lipinski definition) is 3. The third-order valence-electron chi connectivity index (χ3n) is 3.00. The Labute approximate surface area is 84.5 Å². The molecule has 1 aliphatic heterocycles. The van der Waals surface area contributed by atoms with Crippen LogP contribution in [-0.2, 0) is 0 Å². The van der Waals surface area contributed by atoms with E-state index in [1.165, 1.54) is 5.56 Å².